The molecule has 1 saturated heterocycles. The van der Waals surface area contributed by atoms with Gasteiger partial charge in [-0.3, -0.25) is 24.1 Å². The first-order valence-corrected chi connectivity index (χ1v) is 13.8. The summed E-state index contributed by atoms with van der Waals surface area (Å²) in [5, 5.41) is 14.2. The Bertz CT molecular complexity index is 1160. The number of hydrogen-bond donors (Lipinski definition) is 1. The lowest BCUT2D eigenvalue weighted by molar-refractivity contribution is -0.384. The van der Waals surface area contributed by atoms with Gasteiger partial charge in [-0.25, -0.2) is 8.42 Å². The molecule has 0 spiro atoms. The van der Waals surface area contributed by atoms with Crippen LogP contribution in [0.25, 0.3) is 0 Å². The van der Waals surface area contributed by atoms with Crippen LogP contribution in [0.15, 0.2) is 42.5 Å². The van der Waals surface area contributed by atoms with Crippen molar-refractivity contribution in [2.45, 2.75) is 58.7 Å². The number of benzene rings is 2. The molecule has 1 N–H and O–H groups in total. The van der Waals surface area contributed by atoms with Crippen LogP contribution in [0, 0.1) is 17.0 Å². The van der Waals surface area contributed by atoms with Crippen molar-refractivity contribution in [2.75, 3.05) is 23.7 Å². The number of sulfonamides is 1. The molecule has 3 rings (SSSR count). The summed E-state index contributed by atoms with van der Waals surface area (Å²) in [4.78, 5) is 26.4. The quantitative estimate of drug-likeness (QED) is 0.391. The molecular weight excluding hydrogens is 468 g/mol. The molecule has 0 saturated carbocycles. The van der Waals surface area contributed by atoms with E-state index in [-0.39, 0.29) is 24.3 Å². The van der Waals surface area contributed by atoms with Crippen LogP contribution < -0.4 is 9.62 Å². The maximum absolute atomic E-state index is 13.3. The normalized spacial score (nSPS) is 15.4. The number of nitrogens with zero attached hydrogens (tertiary/aromatic N) is 3. The van der Waals surface area contributed by atoms with Gasteiger partial charge in [0.1, 0.15) is 6.04 Å². The Kier molecular flexibility index (Phi) is 8.85. The fourth-order valence-corrected chi connectivity index (χ4v) is 5.79. The van der Waals surface area contributed by atoms with Crippen LogP contribution in [-0.4, -0.2) is 49.5 Å². The predicted octanol–water partition coefficient (Wildman–Crippen LogP) is 3.75. The molecule has 1 heterocycles. The Morgan fingerprint density at radius 1 is 1.14 bits per heavy atom. The van der Waals surface area contributed by atoms with E-state index in [0.717, 1.165) is 41.3 Å². The molecule has 1 fully saturated rings. The van der Waals surface area contributed by atoms with Crippen molar-refractivity contribution < 1.29 is 18.1 Å². The third-order valence-electron chi connectivity index (χ3n) is 6.38. The number of non-ortho nitro benzene ring substituents is 1. The van der Waals surface area contributed by atoms with Gasteiger partial charge in [0.2, 0.25) is 15.9 Å². The molecule has 35 heavy (non-hydrogen) atoms. The maximum atomic E-state index is 13.3. The Labute approximate surface area is 207 Å². The molecule has 1 aliphatic rings. The van der Waals surface area contributed by atoms with Gasteiger partial charge in [-0.05, 0) is 56.0 Å². The lowest BCUT2D eigenvalue weighted by Gasteiger charge is -2.31. The van der Waals surface area contributed by atoms with Gasteiger partial charge in [-0.1, -0.05) is 43.7 Å². The summed E-state index contributed by atoms with van der Waals surface area (Å²) >= 11 is 0. The number of carbonyl (C=O) groups is 1. The Balaban J connectivity index is 1.82. The standard InChI is InChI=1S/C25H34N4O5S/c1-4-23(28(35(3,33)34)24-16-22(29(31)32)13-12-19(24)2)25(30)26-17-20-10-6-7-11-21(20)18-27-14-8-5-9-15-27/h6-7,10-13,16,23H,4-5,8-9,14-15,17-18H2,1-3H3,(H,26,30)/t23-/m0/s1. The number of nitro benzene ring substituents is 1. The van der Waals surface area contributed by atoms with E-state index in [0.29, 0.717) is 5.56 Å². The second-order valence-electron chi connectivity index (χ2n) is 9.03. The van der Waals surface area contributed by atoms with Crippen molar-refractivity contribution in [1.82, 2.24) is 10.2 Å². The molecule has 1 atom stereocenters. The highest BCUT2D eigenvalue weighted by Gasteiger charge is 2.33. The fourth-order valence-electron chi connectivity index (χ4n) is 4.53. The Morgan fingerprint density at radius 3 is 2.40 bits per heavy atom. The highest BCUT2D eigenvalue weighted by molar-refractivity contribution is 7.92. The zero-order chi connectivity index (χ0) is 25.6. The first kappa shape index (κ1) is 26.6. The number of nitro groups is 1. The number of hydrogen-bond acceptors (Lipinski definition) is 6. The van der Waals surface area contributed by atoms with Gasteiger partial charge in [0.05, 0.1) is 16.9 Å². The maximum Gasteiger partial charge on any atom is 0.271 e. The molecule has 1 aliphatic heterocycles. The Hall–Kier alpha value is -2.98. The molecule has 2 aromatic carbocycles. The van der Waals surface area contributed by atoms with E-state index in [2.05, 4.69) is 16.3 Å². The molecule has 1 amide bonds. The smallest absolute Gasteiger partial charge is 0.271 e. The fraction of sp³-hybridized carbons (Fsp3) is 0.480. The van der Waals surface area contributed by atoms with Crippen LogP contribution in [0.1, 0.15) is 49.3 Å². The van der Waals surface area contributed by atoms with Gasteiger partial charge >= 0.3 is 0 Å². The van der Waals surface area contributed by atoms with E-state index >= 15 is 0 Å². The van der Waals surface area contributed by atoms with Crippen LogP contribution in [0.2, 0.25) is 0 Å². The zero-order valence-corrected chi connectivity index (χ0v) is 21.4. The van der Waals surface area contributed by atoms with Gasteiger partial charge in [0.25, 0.3) is 5.69 Å². The highest BCUT2D eigenvalue weighted by Crippen LogP contribution is 2.30. The summed E-state index contributed by atoms with van der Waals surface area (Å²) in [6, 6.07) is 10.9. The minimum absolute atomic E-state index is 0.134. The van der Waals surface area contributed by atoms with Crippen molar-refractivity contribution >= 4 is 27.3 Å². The van der Waals surface area contributed by atoms with Crippen LogP contribution in [-0.2, 0) is 27.9 Å². The molecule has 0 bridgehead atoms. The first-order chi connectivity index (χ1) is 16.6. The number of carbonyl (C=O) groups excluding carboxylic acids is 1. The van der Waals surface area contributed by atoms with E-state index in [1.165, 1.54) is 37.5 Å². The molecule has 0 unspecified atom stereocenters. The molecule has 190 valence electrons. The van der Waals surface area contributed by atoms with Crippen molar-refractivity contribution in [3.63, 3.8) is 0 Å². The molecule has 9 nitrogen and oxygen atoms in total. The van der Waals surface area contributed by atoms with Crippen molar-refractivity contribution in [2.24, 2.45) is 0 Å². The largest absolute Gasteiger partial charge is 0.350 e. The van der Waals surface area contributed by atoms with Gasteiger partial charge in [0, 0.05) is 25.2 Å². The number of aryl methyl sites for hydroxylation is 1. The zero-order valence-electron chi connectivity index (χ0n) is 20.6. The summed E-state index contributed by atoms with van der Waals surface area (Å²) in [5.41, 5.74) is 2.55. The average Bonchev–Trinajstić information content (AvgIpc) is 2.82. The summed E-state index contributed by atoms with van der Waals surface area (Å²) < 4.78 is 26.6. The number of anilines is 1. The van der Waals surface area contributed by atoms with E-state index in [1.807, 2.05) is 18.2 Å². The predicted molar refractivity (Wildman–Crippen MR) is 137 cm³/mol. The molecule has 0 radical (unpaired) electrons. The molecule has 0 aromatic heterocycles. The van der Waals surface area contributed by atoms with Crippen molar-refractivity contribution in [1.29, 1.82) is 0 Å². The van der Waals surface area contributed by atoms with Crippen LogP contribution in [0.5, 0.6) is 0 Å². The first-order valence-electron chi connectivity index (χ1n) is 11.9. The second-order valence-corrected chi connectivity index (χ2v) is 10.9. The molecule has 0 aliphatic carbocycles. The van der Waals surface area contributed by atoms with Crippen LogP contribution >= 0.6 is 0 Å². The number of amides is 1. The van der Waals surface area contributed by atoms with Crippen LogP contribution in [0.3, 0.4) is 0 Å². The summed E-state index contributed by atoms with van der Waals surface area (Å²) in [6.07, 6.45) is 4.85. The van der Waals surface area contributed by atoms with Crippen molar-refractivity contribution in [3.8, 4) is 0 Å². The highest BCUT2D eigenvalue weighted by atomic mass is 32.2. The second kappa shape index (κ2) is 11.6. The van der Waals surface area contributed by atoms with Gasteiger partial charge in [-0.15, -0.1) is 0 Å². The molecule has 10 heteroatoms. The van der Waals surface area contributed by atoms with Gasteiger partial charge in [0.15, 0.2) is 0 Å². The molecular formula is C25H34N4O5S. The van der Waals surface area contributed by atoms with E-state index < -0.39 is 26.9 Å². The summed E-state index contributed by atoms with van der Waals surface area (Å²) in [5.74, 6) is -0.448. The van der Waals surface area contributed by atoms with Crippen LogP contribution in [0.4, 0.5) is 11.4 Å². The van der Waals surface area contributed by atoms with E-state index in [1.54, 1.807) is 13.8 Å². The minimum Gasteiger partial charge on any atom is -0.350 e. The number of likely N-dealkylation sites (tertiary alicyclic amines) is 1. The van der Waals surface area contributed by atoms with E-state index in [9.17, 15) is 23.3 Å². The average molecular weight is 503 g/mol. The van der Waals surface area contributed by atoms with Crippen molar-refractivity contribution in [3.05, 3.63) is 69.3 Å². The third kappa shape index (κ3) is 6.79. The summed E-state index contributed by atoms with van der Waals surface area (Å²) in [6.45, 7) is 6.59. The number of rotatable bonds is 10. The van der Waals surface area contributed by atoms with Gasteiger partial charge < -0.3 is 5.32 Å². The lowest BCUT2D eigenvalue weighted by atomic mass is 10.0. The van der Waals surface area contributed by atoms with Gasteiger partial charge in [-0.2, -0.15) is 0 Å². The number of piperidine rings is 1. The minimum atomic E-state index is -3.91. The SMILES string of the molecule is CC[C@@H](C(=O)NCc1ccccc1CN1CCCCC1)N(c1cc([N+](=O)[O-])ccc1C)S(C)(=O)=O. The number of nitrogens with one attached hydrogen (secondary N) is 1. The summed E-state index contributed by atoms with van der Waals surface area (Å²) in [7, 11) is -3.91. The van der Waals surface area contributed by atoms with E-state index in [4.69, 9.17) is 0 Å². The monoisotopic (exact) mass is 502 g/mol. The third-order valence-corrected chi connectivity index (χ3v) is 7.55. The Morgan fingerprint density at radius 2 is 1.80 bits per heavy atom. The lowest BCUT2D eigenvalue weighted by Crippen LogP contribution is -2.49. The topological polar surface area (TPSA) is 113 Å². The molecule has 2 aromatic rings.